The standard InChI is InChI=1S/C21H23N3O2/c1-22-21(25)23-19-15-17(11-14-24-12-5-6-13-24)9-10-20(19)26-16-18-7-3-2-4-8-18/h2-10,12-13,15H,11,14,16H2,1H3,(H2,22,23,25). The lowest BCUT2D eigenvalue weighted by atomic mass is 10.1. The molecule has 0 saturated carbocycles. The molecule has 26 heavy (non-hydrogen) atoms. The molecule has 2 amide bonds. The van der Waals surface area contributed by atoms with E-state index in [9.17, 15) is 4.79 Å². The molecule has 0 spiro atoms. The Bertz CT molecular complexity index is 830. The van der Waals surface area contributed by atoms with E-state index in [1.54, 1.807) is 7.05 Å². The highest BCUT2D eigenvalue weighted by Gasteiger charge is 2.09. The van der Waals surface area contributed by atoms with Crippen molar-refractivity contribution in [1.82, 2.24) is 9.88 Å². The lowest BCUT2D eigenvalue weighted by molar-refractivity contribution is 0.253. The molecular formula is C21H23N3O2. The van der Waals surface area contributed by atoms with Crippen LogP contribution in [0.25, 0.3) is 0 Å². The highest BCUT2D eigenvalue weighted by molar-refractivity contribution is 5.90. The second-order valence-corrected chi connectivity index (χ2v) is 5.98. The summed E-state index contributed by atoms with van der Waals surface area (Å²) in [6.07, 6.45) is 4.96. The SMILES string of the molecule is CNC(=O)Nc1cc(CCn2cccc2)ccc1OCc1ccccc1. The molecule has 0 aliphatic heterocycles. The molecule has 5 nitrogen and oxygen atoms in total. The van der Waals surface area contributed by atoms with Gasteiger partial charge in [0.2, 0.25) is 0 Å². The molecule has 0 radical (unpaired) electrons. The van der Waals surface area contributed by atoms with E-state index in [0.29, 0.717) is 18.0 Å². The van der Waals surface area contributed by atoms with Crippen LogP contribution in [0.1, 0.15) is 11.1 Å². The molecule has 1 aromatic heterocycles. The van der Waals surface area contributed by atoms with Gasteiger partial charge in [-0.3, -0.25) is 0 Å². The van der Waals surface area contributed by atoms with E-state index >= 15 is 0 Å². The topological polar surface area (TPSA) is 55.3 Å². The Morgan fingerprint density at radius 1 is 1.00 bits per heavy atom. The minimum atomic E-state index is -0.267. The minimum absolute atomic E-state index is 0.267. The molecule has 0 bridgehead atoms. The molecule has 134 valence electrons. The summed E-state index contributed by atoms with van der Waals surface area (Å²) < 4.78 is 8.06. The van der Waals surface area contributed by atoms with Gasteiger partial charge in [0.15, 0.2) is 0 Å². The summed E-state index contributed by atoms with van der Waals surface area (Å²) in [6, 6.07) is 19.6. The maximum absolute atomic E-state index is 11.8. The number of carbonyl (C=O) groups is 1. The number of rotatable bonds is 7. The molecule has 2 aromatic carbocycles. The number of carbonyl (C=O) groups excluding carboxylic acids is 1. The summed E-state index contributed by atoms with van der Waals surface area (Å²) >= 11 is 0. The van der Waals surface area contributed by atoms with Crippen molar-refractivity contribution in [2.24, 2.45) is 0 Å². The van der Waals surface area contributed by atoms with Crippen LogP contribution >= 0.6 is 0 Å². The predicted molar refractivity (Wildman–Crippen MR) is 103 cm³/mol. The smallest absolute Gasteiger partial charge is 0.319 e. The molecule has 0 saturated heterocycles. The van der Waals surface area contributed by atoms with Crippen LogP contribution < -0.4 is 15.4 Å². The quantitative estimate of drug-likeness (QED) is 0.676. The van der Waals surface area contributed by atoms with Crippen molar-refractivity contribution in [1.29, 1.82) is 0 Å². The summed E-state index contributed by atoms with van der Waals surface area (Å²) in [5.41, 5.74) is 2.89. The molecule has 3 aromatic rings. The monoisotopic (exact) mass is 349 g/mol. The number of aromatic nitrogens is 1. The Morgan fingerprint density at radius 2 is 1.77 bits per heavy atom. The average molecular weight is 349 g/mol. The van der Waals surface area contributed by atoms with Gasteiger partial charge in [0, 0.05) is 26.0 Å². The van der Waals surface area contributed by atoms with E-state index in [-0.39, 0.29) is 6.03 Å². The Labute approximate surface area is 153 Å². The first-order valence-electron chi connectivity index (χ1n) is 8.64. The first kappa shape index (κ1) is 17.6. The van der Waals surface area contributed by atoms with E-state index in [1.807, 2.05) is 73.1 Å². The third-order valence-electron chi connectivity index (χ3n) is 4.08. The number of ether oxygens (including phenoxy) is 1. The molecule has 5 heteroatoms. The van der Waals surface area contributed by atoms with Crippen LogP contribution in [0.5, 0.6) is 5.75 Å². The number of hydrogen-bond donors (Lipinski definition) is 2. The van der Waals surface area contributed by atoms with Crippen molar-refractivity contribution in [2.45, 2.75) is 19.6 Å². The van der Waals surface area contributed by atoms with Gasteiger partial charge in [0.05, 0.1) is 5.69 Å². The third-order valence-corrected chi connectivity index (χ3v) is 4.08. The highest BCUT2D eigenvalue weighted by Crippen LogP contribution is 2.27. The van der Waals surface area contributed by atoms with Crippen LogP contribution in [-0.4, -0.2) is 17.6 Å². The molecule has 0 aliphatic carbocycles. The van der Waals surface area contributed by atoms with Gasteiger partial charge in [0.25, 0.3) is 0 Å². The van der Waals surface area contributed by atoms with E-state index in [2.05, 4.69) is 15.2 Å². The maximum Gasteiger partial charge on any atom is 0.319 e. The van der Waals surface area contributed by atoms with E-state index < -0.39 is 0 Å². The van der Waals surface area contributed by atoms with Gasteiger partial charge in [0.1, 0.15) is 12.4 Å². The molecule has 0 aliphatic rings. The summed E-state index contributed by atoms with van der Waals surface area (Å²) in [5.74, 6) is 0.655. The van der Waals surface area contributed by atoms with Crippen LogP contribution in [0.4, 0.5) is 10.5 Å². The van der Waals surface area contributed by atoms with Crippen LogP contribution in [0.15, 0.2) is 73.1 Å². The first-order valence-corrected chi connectivity index (χ1v) is 8.64. The number of anilines is 1. The molecule has 2 N–H and O–H groups in total. The number of nitrogens with one attached hydrogen (secondary N) is 2. The van der Waals surface area contributed by atoms with Crippen LogP contribution in [-0.2, 0) is 19.6 Å². The van der Waals surface area contributed by atoms with Crippen molar-refractivity contribution in [3.63, 3.8) is 0 Å². The lowest BCUT2D eigenvalue weighted by Crippen LogP contribution is -2.24. The van der Waals surface area contributed by atoms with Crippen molar-refractivity contribution < 1.29 is 9.53 Å². The molecular weight excluding hydrogens is 326 g/mol. The van der Waals surface area contributed by atoms with E-state index in [1.165, 1.54) is 0 Å². The lowest BCUT2D eigenvalue weighted by Gasteiger charge is -2.14. The van der Waals surface area contributed by atoms with Gasteiger partial charge < -0.3 is 19.9 Å². The zero-order valence-electron chi connectivity index (χ0n) is 14.8. The Hall–Kier alpha value is -3.21. The van der Waals surface area contributed by atoms with E-state index in [4.69, 9.17) is 4.74 Å². The number of aryl methyl sites for hydroxylation is 2. The van der Waals surface area contributed by atoms with Crippen molar-refractivity contribution in [3.8, 4) is 5.75 Å². The second kappa shape index (κ2) is 8.76. The average Bonchev–Trinajstić information content (AvgIpc) is 3.20. The number of amides is 2. The van der Waals surface area contributed by atoms with Crippen LogP contribution in [0.3, 0.4) is 0 Å². The fraction of sp³-hybridized carbons (Fsp3) is 0.190. The van der Waals surface area contributed by atoms with Crippen LogP contribution in [0, 0.1) is 0 Å². The fourth-order valence-electron chi connectivity index (χ4n) is 2.65. The van der Waals surface area contributed by atoms with Gasteiger partial charge in [-0.25, -0.2) is 4.79 Å². The molecule has 0 unspecified atom stereocenters. The zero-order chi connectivity index (χ0) is 18.2. The van der Waals surface area contributed by atoms with Gasteiger partial charge in [-0.05, 0) is 41.8 Å². The number of urea groups is 1. The summed E-state index contributed by atoms with van der Waals surface area (Å²) in [4.78, 5) is 11.8. The third kappa shape index (κ3) is 4.89. The Balaban J connectivity index is 1.72. The molecule has 0 atom stereocenters. The van der Waals surface area contributed by atoms with Gasteiger partial charge in [-0.1, -0.05) is 36.4 Å². The normalized spacial score (nSPS) is 10.3. The Morgan fingerprint density at radius 3 is 2.50 bits per heavy atom. The summed E-state index contributed by atoms with van der Waals surface area (Å²) in [7, 11) is 1.59. The van der Waals surface area contributed by atoms with E-state index in [0.717, 1.165) is 24.1 Å². The maximum atomic E-state index is 11.8. The Kier molecular flexibility index (Phi) is 5.93. The van der Waals surface area contributed by atoms with Crippen molar-refractivity contribution in [2.75, 3.05) is 12.4 Å². The van der Waals surface area contributed by atoms with Crippen molar-refractivity contribution in [3.05, 3.63) is 84.2 Å². The highest BCUT2D eigenvalue weighted by atomic mass is 16.5. The fourth-order valence-corrected chi connectivity index (χ4v) is 2.65. The molecule has 1 heterocycles. The first-order chi connectivity index (χ1) is 12.7. The summed E-state index contributed by atoms with van der Waals surface area (Å²) in [5, 5.41) is 5.43. The number of hydrogen-bond acceptors (Lipinski definition) is 2. The molecule has 3 rings (SSSR count). The molecule has 0 fully saturated rings. The predicted octanol–water partition coefficient (Wildman–Crippen LogP) is 4.06. The minimum Gasteiger partial charge on any atom is -0.487 e. The van der Waals surface area contributed by atoms with Crippen LogP contribution in [0.2, 0.25) is 0 Å². The zero-order valence-corrected chi connectivity index (χ0v) is 14.8. The van der Waals surface area contributed by atoms with Gasteiger partial charge in [-0.2, -0.15) is 0 Å². The van der Waals surface area contributed by atoms with Gasteiger partial charge >= 0.3 is 6.03 Å². The number of benzene rings is 2. The summed E-state index contributed by atoms with van der Waals surface area (Å²) in [6.45, 7) is 1.34. The largest absolute Gasteiger partial charge is 0.487 e. The number of nitrogens with zero attached hydrogens (tertiary/aromatic N) is 1. The second-order valence-electron chi connectivity index (χ2n) is 5.98. The van der Waals surface area contributed by atoms with Crippen molar-refractivity contribution >= 4 is 11.7 Å². The van der Waals surface area contributed by atoms with Gasteiger partial charge in [-0.15, -0.1) is 0 Å².